The number of nitrogens with one attached hydrogen (secondary N) is 1. The number of hydrogen-bond donors (Lipinski definition) is 1. The van der Waals surface area contributed by atoms with E-state index in [9.17, 15) is 4.79 Å². The van der Waals surface area contributed by atoms with Crippen LogP contribution < -0.4 is 10.1 Å². The second-order valence-electron chi connectivity index (χ2n) is 3.66. The monoisotopic (exact) mass is 237 g/mol. The van der Waals surface area contributed by atoms with Gasteiger partial charge in [0.25, 0.3) is 0 Å². The Kier molecular flexibility index (Phi) is 5.99. The van der Waals surface area contributed by atoms with Crippen molar-refractivity contribution in [2.45, 2.75) is 33.1 Å². The summed E-state index contributed by atoms with van der Waals surface area (Å²) in [6.07, 6.45) is 5.48. The molecule has 0 bridgehead atoms. The van der Waals surface area contributed by atoms with Crippen molar-refractivity contribution in [1.82, 2.24) is 15.3 Å². The predicted octanol–water partition coefficient (Wildman–Crippen LogP) is 1.33. The highest BCUT2D eigenvalue weighted by atomic mass is 16.5. The van der Waals surface area contributed by atoms with Crippen LogP contribution >= 0.6 is 0 Å². The number of ether oxygens (including phenoxy) is 1. The molecule has 1 aromatic rings. The smallest absolute Gasteiger partial charge is 0.316 e. The van der Waals surface area contributed by atoms with Gasteiger partial charge in [0, 0.05) is 25.4 Å². The number of aryl methyl sites for hydroxylation is 1. The average Bonchev–Trinajstić information content (AvgIpc) is 2.36. The Morgan fingerprint density at radius 3 is 2.65 bits per heavy atom. The Hall–Kier alpha value is -1.65. The molecule has 0 fully saturated rings. The van der Waals surface area contributed by atoms with Crippen molar-refractivity contribution >= 4 is 5.91 Å². The predicted molar refractivity (Wildman–Crippen MR) is 64.8 cm³/mol. The number of carbonyl (C=O) groups is 1. The molecular formula is C12H19N3O2. The molecule has 17 heavy (non-hydrogen) atoms. The third kappa shape index (κ3) is 5.29. The van der Waals surface area contributed by atoms with Gasteiger partial charge in [-0.05, 0) is 25.3 Å². The highest BCUT2D eigenvalue weighted by Gasteiger charge is 2.02. The Bertz CT molecular complexity index is 338. The number of amides is 1. The molecule has 0 aliphatic carbocycles. The summed E-state index contributed by atoms with van der Waals surface area (Å²) in [6, 6.07) is 0.381. The number of carbonyl (C=O) groups excluding carboxylic acids is 1. The van der Waals surface area contributed by atoms with Crippen LogP contribution in [0.2, 0.25) is 0 Å². The van der Waals surface area contributed by atoms with E-state index in [1.165, 1.54) is 0 Å². The molecule has 0 saturated carbocycles. The highest BCUT2D eigenvalue weighted by molar-refractivity contribution is 5.76. The van der Waals surface area contributed by atoms with Crippen molar-refractivity contribution in [2.75, 3.05) is 13.2 Å². The maximum absolute atomic E-state index is 11.4. The van der Waals surface area contributed by atoms with Gasteiger partial charge >= 0.3 is 6.01 Å². The maximum atomic E-state index is 11.4. The first-order chi connectivity index (χ1) is 8.26. The molecule has 0 unspecified atom stereocenters. The quantitative estimate of drug-likeness (QED) is 0.777. The van der Waals surface area contributed by atoms with Crippen LogP contribution in [0.5, 0.6) is 6.01 Å². The van der Waals surface area contributed by atoms with E-state index in [1.54, 1.807) is 12.4 Å². The van der Waals surface area contributed by atoms with Gasteiger partial charge < -0.3 is 10.1 Å². The number of rotatable bonds is 7. The average molecular weight is 237 g/mol. The molecule has 0 aromatic carbocycles. The molecule has 0 radical (unpaired) electrons. The van der Waals surface area contributed by atoms with Gasteiger partial charge in [-0.25, -0.2) is 9.97 Å². The van der Waals surface area contributed by atoms with E-state index in [0.717, 1.165) is 18.5 Å². The Labute approximate surface area is 102 Å². The molecule has 5 heteroatoms. The largest absolute Gasteiger partial charge is 0.464 e. The van der Waals surface area contributed by atoms with Gasteiger partial charge in [-0.2, -0.15) is 0 Å². The summed E-state index contributed by atoms with van der Waals surface area (Å²) in [5.74, 6) is 0.0701. The summed E-state index contributed by atoms with van der Waals surface area (Å²) >= 11 is 0. The Morgan fingerprint density at radius 2 is 2.06 bits per heavy atom. The van der Waals surface area contributed by atoms with Crippen LogP contribution in [0, 0.1) is 0 Å². The first-order valence-electron chi connectivity index (χ1n) is 5.96. The molecule has 94 valence electrons. The molecule has 1 amide bonds. The first kappa shape index (κ1) is 13.4. The van der Waals surface area contributed by atoms with E-state index >= 15 is 0 Å². The van der Waals surface area contributed by atoms with Crippen LogP contribution in [0.15, 0.2) is 12.4 Å². The van der Waals surface area contributed by atoms with Gasteiger partial charge in [0.2, 0.25) is 5.91 Å². The van der Waals surface area contributed by atoms with Crippen LogP contribution in [-0.2, 0) is 11.2 Å². The maximum Gasteiger partial charge on any atom is 0.316 e. The van der Waals surface area contributed by atoms with Crippen molar-refractivity contribution < 1.29 is 9.53 Å². The summed E-state index contributed by atoms with van der Waals surface area (Å²) in [5, 5.41) is 2.83. The summed E-state index contributed by atoms with van der Waals surface area (Å²) < 4.78 is 5.14. The molecule has 1 heterocycles. The molecule has 0 saturated heterocycles. The summed E-state index contributed by atoms with van der Waals surface area (Å²) in [7, 11) is 0. The first-order valence-corrected chi connectivity index (χ1v) is 5.96. The van der Waals surface area contributed by atoms with Gasteiger partial charge in [0.05, 0.1) is 6.61 Å². The minimum absolute atomic E-state index is 0.0701. The van der Waals surface area contributed by atoms with Gasteiger partial charge in [0.15, 0.2) is 0 Å². The van der Waals surface area contributed by atoms with E-state index in [1.807, 2.05) is 13.8 Å². The summed E-state index contributed by atoms with van der Waals surface area (Å²) in [6.45, 7) is 5.20. The fourth-order valence-corrected chi connectivity index (χ4v) is 1.29. The Morgan fingerprint density at radius 1 is 1.35 bits per heavy atom. The van der Waals surface area contributed by atoms with E-state index in [-0.39, 0.29) is 5.91 Å². The van der Waals surface area contributed by atoms with Crippen LogP contribution in [0.4, 0.5) is 0 Å². The number of aromatic nitrogens is 2. The topological polar surface area (TPSA) is 64.1 Å². The second kappa shape index (κ2) is 7.60. The molecule has 1 rings (SSSR count). The third-order valence-corrected chi connectivity index (χ3v) is 2.17. The lowest BCUT2D eigenvalue weighted by Gasteiger charge is -2.04. The van der Waals surface area contributed by atoms with E-state index in [2.05, 4.69) is 15.3 Å². The molecule has 1 N–H and O–H groups in total. The lowest BCUT2D eigenvalue weighted by atomic mass is 10.2. The van der Waals surface area contributed by atoms with Crippen molar-refractivity contribution in [1.29, 1.82) is 0 Å². The molecule has 0 aliphatic rings. The zero-order valence-corrected chi connectivity index (χ0v) is 10.4. The van der Waals surface area contributed by atoms with Gasteiger partial charge in [-0.15, -0.1) is 0 Å². The molecule has 1 aromatic heterocycles. The molecule has 0 spiro atoms. The SMILES string of the molecule is CCCNC(=O)CCc1cnc(OCC)nc1. The zero-order valence-electron chi connectivity index (χ0n) is 10.4. The van der Waals surface area contributed by atoms with Crippen LogP contribution in [-0.4, -0.2) is 29.0 Å². The van der Waals surface area contributed by atoms with Gasteiger partial charge in [0.1, 0.15) is 0 Å². The standard InChI is InChI=1S/C12H19N3O2/c1-3-7-13-11(16)6-5-10-8-14-12(15-9-10)17-4-2/h8-9H,3-7H2,1-2H3,(H,13,16). The molecule has 0 atom stereocenters. The molecular weight excluding hydrogens is 218 g/mol. The lowest BCUT2D eigenvalue weighted by molar-refractivity contribution is -0.121. The Balaban J connectivity index is 2.34. The third-order valence-electron chi connectivity index (χ3n) is 2.17. The van der Waals surface area contributed by atoms with Crippen LogP contribution in [0.25, 0.3) is 0 Å². The summed E-state index contributed by atoms with van der Waals surface area (Å²) in [4.78, 5) is 19.5. The minimum Gasteiger partial charge on any atom is -0.464 e. The van der Waals surface area contributed by atoms with Crippen molar-refractivity contribution in [3.63, 3.8) is 0 Å². The normalized spacial score (nSPS) is 10.0. The minimum atomic E-state index is 0.0701. The number of nitrogens with zero attached hydrogens (tertiary/aromatic N) is 2. The van der Waals surface area contributed by atoms with Crippen molar-refractivity contribution in [3.8, 4) is 6.01 Å². The highest BCUT2D eigenvalue weighted by Crippen LogP contribution is 2.04. The molecule has 5 nitrogen and oxygen atoms in total. The fraction of sp³-hybridized carbons (Fsp3) is 0.583. The van der Waals surface area contributed by atoms with Crippen LogP contribution in [0.3, 0.4) is 0 Å². The lowest BCUT2D eigenvalue weighted by Crippen LogP contribution is -2.24. The zero-order chi connectivity index (χ0) is 12.5. The van der Waals surface area contributed by atoms with E-state index < -0.39 is 0 Å². The van der Waals surface area contributed by atoms with E-state index in [4.69, 9.17) is 4.74 Å². The van der Waals surface area contributed by atoms with Crippen LogP contribution in [0.1, 0.15) is 32.3 Å². The number of hydrogen-bond acceptors (Lipinski definition) is 4. The van der Waals surface area contributed by atoms with Gasteiger partial charge in [-0.1, -0.05) is 6.92 Å². The second-order valence-corrected chi connectivity index (χ2v) is 3.66. The van der Waals surface area contributed by atoms with E-state index in [0.29, 0.717) is 25.5 Å². The van der Waals surface area contributed by atoms with Crippen molar-refractivity contribution in [3.05, 3.63) is 18.0 Å². The van der Waals surface area contributed by atoms with Gasteiger partial charge in [-0.3, -0.25) is 4.79 Å². The molecule has 0 aliphatic heterocycles. The van der Waals surface area contributed by atoms with Crippen molar-refractivity contribution in [2.24, 2.45) is 0 Å². The fourth-order valence-electron chi connectivity index (χ4n) is 1.29. The summed E-state index contributed by atoms with van der Waals surface area (Å²) in [5.41, 5.74) is 0.945.